The summed E-state index contributed by atoms with van der Waals surface area (Å²) in [7, 11) is 0. The van der Waals surface area contributed by atoms with Gasteiger partial charge in [-0.3, -0.25) is 0 Å². The van der Waals surface area contributed by atoms with Gasteiger partial charge in [-0.2, -0.15) is 0 Å². The van der Waals surface area contributed by atoms with Gasteiger partial charge < -0.3 is 10.4 Å². The first-order valence-corrected chi connectivity index (χ1v) is 6.41. The van der Waals surface area contributed by atoms with Gasteiger partial charge in [0.2, 0.25) is 0 Å². The van der Waals surface area contributed by atoms with E-state index in [0.717, 1.165) is 5.56 Å². The van der Waals surface area contributed by atoms with Gasteiger partial charge in [-0.15, -0.1) is 0 Å². The van der Waals surface area contributed by atoms with E-state index >= 15 is 0 Å². The summed E-state index contributed by atoms with van der Waals surface area (Å²) in [6.07, 6.45) is 0. The highest BCUT2D eigenvalue weighted by Crippen LogP contribution is 2.17. The van der Waals surface area contributed by atoms with Crippen molar-refractivity contribution in [1.82, 2.24) is 5.32 Å². The van der Waals surface area contributed by atoms with Gasteiger partial charge in [-0.25, -0.2) is 4.39 Å². The lowest BCUT2D eigenvalue weighted by molar-refractivity contribution is 0.243. The Morgan fingerprint density at radius 3 is 2.53 bits per heavy atom. The molecule has 19 heavy (non-hydrogen) atoms. The van der Waals surface area contributed by atoms with E-state index in [9.17, 15) is 9.50 Å². The molecular formula is C15H15ClFNO. The second kappa shape index (κ2) is 6.66. The molecule has 2 aromatic rings. The molecule has 0 saturated heterocycles. The van der Waals surface area contributed by atoms with E-state index in [-0.39, 0.29) is 18.5 Å². The van der Waals surface area contributed by atoms with Crippen LogP contribution in [-0.2, 0) is 6.54 Å². The summed E-state index contributed by atoms with van der Waals surface area (Å²) < 4.78 is 13.6. The third kappa shape index (κ3) is 3.77. The predicted octanol–water partition coefficient (Wildman–Crippen LogP) is 3.30. The first-order chi connectivity index (χ1) is 9.20. The van der Waals surface area contributed by atoms with Crippen LogP contribution in [0.1, 0.15) is 17.2 Å². The molecule has 0 aliphatic carbocycles. The van der Waals surface area contributed by atoms with E-state index in [2.05, 4.69) is 5.32 Å². The van der Waals surface area contributed by atoms with E-state index in [1.165, 1.54) is 6.07 Å². The van der Waals surface area contributed by atoms with Crippen molar-refractivity contribution < 1.29 is 9.50 Å². The van der Waals surface area contributed by atoms with Crippen LogP contribution in [0, 0.1) is 5.82 Å². The summed E-state index contributed by atoms with van der Waals surface area (Å²) in [4.78, 5) is 0. The Morgan fingerprint density at radius 2 is 1.89 bits per heavy atom. The minimum Gasteiger partial charge on any atom is -0.394 e. The summed E-state index contributed by atoms with van der Waals surface area (Å²) >= 11 is 5.70. The Bertz CT molecular complexity index is 533. The zero-order valence-electron chi connectivity index (χ0n) is 10.3. The largest absolute Gasteiger partial charge is 0.394 e. The zero-order chi connectivity index (χ0) is 13.7. The molecule has 0 bridgehead atoms. The van der Waals surface area contributed by atoms with Crippen molar-refractivity contribution in [2.45, 2.75) is 12.6 Å². The van der Waals surface area contributed by atoms with E-state index in [0.29, 0.717) is 17.1 Å². The fourth-order valence-electron chi connectivity index (χ4n) is 1.87. The van der Waals surface area contributed by atoms with Crippen molar-refractivity contribution in [2.75, 3.05) is 6.61 Å². The Labute approximate surface area is 116 Å². The first-order valence-electron chi connectivity index (χ1n) is 6.04. The quantitative estimate of drug-likeness (QED) is 0.880. The first kappa shape index (κ1) is 14.0. The van der Waals surface area contributed by atoms with Gasteiger partial charge in [-0.1, -0.05) is 48.0 Å². The number of aliphatic hydroxyl groups excluding tert-OH is 1. The molecule has 2 aromatic carbocycles. The lowest BCUT2D eigenvalue weighted by Crippen LogP contribution is -2.24. The standard InChI is InChI=1S/C15H15ClFNO/c16-13-7-6-12(14(17)8-13)9-18-15(10-19)11-4-2-1-3-5-11/h1-8,15,18-19H,9-10H2/t15-/m1/s1. The van der Waals surface area contributed by atoms with Crippen molar-refractivity contribution in [1.29, 1.82) is 0 Å². The number of hydrogen-bond donors (Lipinski definition) is 2. The summed E-state index contributed by atoms with van der Waals surface area (Å²) in [6, 6.07) is 13.9. The lowest BCUT2D eigenvalue weighted by Gasteiger charge is -2.17. The maximum atomic E-state index is 13.6. The van der Waals surface area contributed by atoms with Crippen LogP contribution in [0.2, 0.25) is 5.02 Å². The molecule has 1 atom stereocenters. The molecule has 0 aromatic heterocycles. The average Bonchev–Trinajstić information content (AvgIpc) is 2.43. The molecule has 2 rings (SSSR count). The summed E-state index contributed by atoms with van der Waals surface area (Å²) in [5.74, 6) is -0.343. The molecule has 2 nitrogen and oxygen atoms in total. The second-order valence-corrected chi connectivity index (χ2v) is 4.70. The van der Waals surface area contributed by atoms with Crippen molar-refractivity contribution in [3.8, 4) is 0 Å². The third-order valence-electron chi connectivity index (χ3n) is 2.94. The summed E-state index contributed by atoms with van der Waals surface area (Å²) in [5.41, 5.74) is 1.50. The van der Waals surface area contributed by atoms with Crippen LogP contribution in [-0.4, -0.2) is 11.7 Å². The Hall–Kier alpha value is -1.42. The number of benzene rings is 2. The van der Waals surface area contributed by atoms with Crippen LogP contribution in [0.3, 0.4) is 0 Å². The van der Waals surface area contributed by atoms with Gasteiger partial charge in [0.1, 0.15) is 5.82 Å². The molecule has 100 valence electrons. The molecule has 4 heteroatoms. The van der Waals surface area contributed by atoms with Crippen LogP contribution < -0.4 is 5.32 Å². The molecule has 0 radical (unpaired) electrons. The maximum absolute atomic E-state index is 13.6. The van der Waals surface area contributed by atoms with Crippen LogP contribution >= 0.6 is 11.6 Å². The molecule has 0 heterocycles. The number of hydrogen-bond acceptors (Lipinski definition) is 2. The van der Waals surface area contributed by atoms with Crippen molar-refractivity contribution >= 4 is 11.6 Å². The fraction of sp³-hybridized carbons (Fsp3) is 0.200. The highest BCUT2D eigenvalue weighted by Gasteiger charge is 2.10. The predicted molar refractivity (Wildman–Crippen MR) is 74.5 cm³/mol. The Morgan fingerprint density at radius 1 is 1.16 bits per heavy atom. The monoisotopic (exact) mass is 279 g/mol. The van der Waals surface area contributed by atoms with Gasteiger partial charge >= 0.3 is 0 Å². The maximum Gasteiger partial charge on any atom is 0.129 e. The van der Waals surface area contributed by atoms with Gasteiger partial charge in [0, 0.05) is 17.1 Å². The fourth-order valence-corrected chi connectivity index (χ4v) is 2.03. The SMILES string of the molecule is OC[C@@H](NCc1ccc(Cl)cc1F)c1ccccc1. The summed E-state index contributed by atoms with van der Waals surface area (Å²) in [5, 5.41) is 12.9. The van der Waals surface area contributed by atoms with Crippen LogP contribution in [0.4, 0.5) is 4.39 Å². The van der Waals surface area contributed by atoms with E-state index in [1.807, 2.05) is 30.3 Å². The molecule has 2 N–H and O–H groups in total. The molecule has 0 spiro atoms. The molecule has 0 aliphatic heterocycles. The third-order valence-corrected chi connectivity index (χ3v) is 3.17. The topological polar surface area (TPSA) is 32.3 Å². The molecule has 0 saturated carbocycles. The van der Waals surface area contributed by atoms with Crippen LogP contribution in [0.25, 0.3) is 0 Å². The molecule has 0 aliphatic rings. The smallest absolute Gasteiger partial charge is 0.129 e. The molecule has 0 amide bonds. The number of rotatable bonds is 5. The van der Waals surface area contributed by atoms with Crippen LogP contribution in [0.5, 0.6) is 0 Å². The highest BCUT2D eigenvalue weighted by molar-refractivity contribution is 6.30. The molecular weight excluding hydrogens is 265 g/mol. The Balaban J connectivity index is 2.04. The Kier molecular flexibility index (Phi) is 4.91. The van der Waals surface area contributed by atoms with E-state index in [4.69, 9.17) is 11.6 Å². The normalized spacial score (nSPS) is 12.4. The van der Waals surface area contributed by atoms with Crippen molar-refractivity contribution in [2.24, 2.45) is 0 Å². The number of aliphatic hydroxyl groups is 1. The number of nitrogens with one attached hydrogen (secondary N) is 1. The summed E-state index contributed by atoms with van der Waals surface area (Å²) in [6.45, 7) is 0.294. The molecule has 0 unspecified atom stereocenters. The van der Waals surface area contributed by atoms with E-state index in [1.54, 1.807) is 12.1 Å². The average molecular weight is 280 g/mol. The van der Waals surface area contributed by atoms with Crippen LogP contribution in [0.15, 0.2) is 48.5 Å². The van der Waals surface area contributed by atoms with Crippen molar-refractivity contribution in [3.63, 3.8) is 0 Å². The minimum atomic E-state index is -0.343. The minimum absolute atomic E-state index is 0.0424. The highest BCUT2D eigenvalue weighted by atomic mass is 35.5. The number of halogens is 2. The van der Waals surface area contributed by atoms with E-state index < -0.39 is 0 Å². The lowest BCUT2D eigenvalue weighted by atomic mass is 10.1. The second-order valence-electron chi connectivity index (χ2n) is 4.26. The molecule has 0 fully saturated rings. The van der Waals surface area contributed by atoms with Gasteiger partial charge in [-0.05, 0) is 17.7 Å². The zero-order valence-corrected chi connectivity index (χ0v) is 11.1. The van der Waals surface area contributed by atoms with Gasteiger partial charge in [0.15, 0.2) is 0 Å². The van der Waals surface area contributed by atoms with Gasteiger partial charge in [0.05, 0.1) is 12.6 Å². The van der Waals surface area contributed by atoms with Gasteiger partial charge in [0.25, 0.3) is 0 Å². The van der Waals surface area contributed by atoms with Crippen molar-refractivity contribution in [3.05, 3.63) is 70.5 Å².